The fourth-order valence-corrected chi connectivity index (χ4v) is 9.06. The van der Waals surface area contributed by atoms with E-state index in [1.165, 1.54) is 30.3 Å². The molecule has 8 aromatic rings. The monoisotopic (exact) mass is 986 g/mol. The summed E-state index contributed by atoms with van der Waals surface area (Å²) in [7, 11) is 0. The standard InChI is InChI=1S/C28H28FN5O2.C24H17FN4O2.C4H11NO/c1-2-33(11-12-35)15-21-13-22(29)8-9-23(21)18-7-10-25-24(14-18)26(32-28(30)31-25)27(36)34-16-19-5-3-4-6-20(19)17-34;25-18-6-7-19(17(9-18)13-30)14-5-8-21-20(10-14)22(28-24(26)27-21)23(31)29-11-15-3-1-2-4-16(15)12-29;1-2-5-3-4-6/h3-10,13-14,35H,2,11-12,15-17H2,1H3,(H2,30,31,32);1-10,13H,11-12H2,(H2,26,27,28);5-6H,2-4H2,1H3. The van der Waals surface area contributed by atoms with Gasteiger partial charge in [0.1, 0.15) is 23.0 Å². The number of benzene rings is 6. The second-order valence-electron chi connectivity index (χ2n) is 17.5. The van der Waals surface area contributed by atoms with Crippen LogP contribution in [0.4, 0.5) is 20.7 Å². The maximum absolute atomic E-state index is 14.2. The minimum Gasteiger partial charge on any atom is -0.395 e. The molecule has 6 aromatic carbocycles. The third-order valence-electron chi connectivity index (χ3n) is 12.7. The molecule has 0 spiro atoms. The molecule has 15 nitrogen and oxygen atoms in total. The highest BCUT2D eigenvalue weighted by Gasteiger charge is 2.29. The number of hydrogen-bond acceptors (Lipinski definition) is 13. The number of halogens is 2. The Bertz CT molecular complexity index is 3270. The minimum absolute atomic E-state index is 0.00988. The Morgan fingerprint density at radius 1 is 0.644 bits per heavy atom. The molecule has 0 saturated carbocycles. The van der Waals surface area contributed by atoms with Crippen LogP contribution in [0.25, 0.3) is 44.1 Å². The van der Waals surface area contributed by atoms with Gasteiger partial charge in [0.05, 0.1) is 24.2 Å². The number of nitrogens with one attached hydrogen (secondary N) is 1. The first kappa shape index (κ1) is 51.3. The van der Waals surface area contributed by atoms with Crippen molar-refractivity contribution in [2.45, 2.75) is 46.6 Å². The van der Waals surface area contributed by atoms with Gasteiger partial charge >= 0.3 is 0 Å². The lowest BCUT2D eigenvalue weighted by Gasteiger charge is -2.21. The van der Waals surface area contributed by atoms with E-state index in [0.29, 0.717) is 78.5 Å². The van der Waals surface area contributed by atoms with Crippen LogP contribution in [0.5, 0.6) is 0 Å². The number of aromatic nitrogens is 4. The molecule has 0 aliphatic carbocycles. The Morgan fingerprint density at radius 2 is 1.12 bits per heavy atom. The Balaban J connectivity index is 0.000000177. The highest BCUT2D eigenvalue weighted by molar-refractivity contribution is 6.07. The van der Waals surface area contributed by atoms with Crippen LogP contribution in [-0.2, 0) is 32.7 Å². The summed E-state index contributed by atoms with van der Waals surface area (Å²) in [6.07, 6.45) is 0.607. The summed E-state index contributed by atoms with van der Waals surface area (Å²) in [5.74, 6) is -1.22. The van der Waals surface area contributed by atoms with E-state index >= 15 is 0 Å². The predicted molar refractivity (Wildman–Crippen MR) is 278 cm³/mol. The quantitative estimate of drug-likeness (QED) is 0.0557. The number of fused-ring (bicyclic) bond motifs is 4. The van der Waals surface area contributed by atoms with Gasteiger partial charge in [0.2, 0.25) is 11.9 Å². The first-order chi connectivity index (χ1) is 35.4. The van der Waals surface area contributed by atoms with Crippen molar-refractivity contribution in [3.8, 4) is 22.3 Å². The summed E-state index contributed by atoms with van der Waals surface area (Å²) in [5.41, 5.74) is 21.7. The molecule has 0 radical (unpaired) electrons. The van der Waals surface area contributed by atoms with Crippen molar-refractivity contribution in [2.24, 2.45) is 0 Å². The number of hydrogen-bond donors (Lipinski definition) is 5. The van der Waals surface area contributed by atoms with Gasteiger partial charge in [-0.05, 0) is 112 Å². The van der Waals surface area contributed by atoms with E-state index < -0.39 is 5.82 Å². The molecule has 374 valence electrons. The number of anilines is 2. The van der Waals surface area contributed by atoms with E-state index in [1.807, 2.05) is 85.5 Å². The van der Waals surface area contributed by atoms with E-state index in [1.54, 1.807) is 34.1 Å². The second kappa shape index (κ2) is 23.4. The molecule has 10 rings (SSSR count). The zero-order chi connectivity index (χ0) is 51.6. The third-order valence-corrected chi connectivity index (χ3v) is 12.7. The van der Waals surface area contributed by atoms with Gasteiger partial charge in [0.15, 0.2) is 6.29 Å². The summed E-state index contributed by atoms with van der Waals surface area (Å²) >= 11 is 0. The number of amides is 2. The van der Waals surface area contributed by atoms with Gasteiger partial charge in [-0.2, -0.15) is 0 Å². The number of nitrogens with zero attached hydrogens (tertiary/aromatic N) is 7. The predicted octanol–water partition coefficient (Wildman–Crippen LogP) is 7.56. The number of carbonyl (C=O) groups is 3. The lowest BCUT2D eigenvalue weighted by molar-refractivity contribution is 0.0741. The van der Waals surface area contributed by atoms with Gasteiger partial charge in [0.25, 0.3) is 11.8 Å². The Kier molecular flexibility index (Phi) is 16.5. The number of aliphatic hydroxyl groups excluding tert-OH is 2. The molecule has 0 atom stereocenters. The first-order valence-corrected chi connectivity index (χ1v) is 24.0. The van der Waals surface area contributed by atoms with Crippen molar-refractivity contribution in [2.75, 3.05) is 50.9 Å². The molecule has 17 heteroatoms. The normalized spacial score (nSPS) is 12.5. The Hall–Kier alpha value is -8.09. The molecule has 0 fully saturated rings. The molecule has 73 heavy (non-hydrogen) atoms. The fraction of sp³-hybridized carbons (Fsp3) is 0.232. The van der Waals surface area contributed by atoms with Crippen LogP contribution in [0.15, 0.2) is 121 Å². The summed E-state index contributed by atoms with van der Waals surface area (Å²) in [6, 6.07) is 35.4. The summed E-state index contributed by atoms with van der Waals surface area (Å²) in [5, 5.41) is 21.6. The summed E-state index contributed by atoms with van der Waals surface area (Å²) in [6.45, 7) is 9.66. The topological polar surface area (TPSA) is 217 Å². The van der Waals surface area contributed by atoms with Crippen LogP contribution >= 0.6 is 0 Å². The zero-order valence-corrected chi connectivity index (χ0v) is 40.6. The lowest BCUT2D eigenvalue weighted by Crippen LogP contribution is -2.27. The molecule has 2 aliphatic rings. The Morgan fingerprint density at radius 3 is 1.56 bits per heavy atom. The molecule has 4 heterocycles. The second-order valence-corrected chi connectivity index (χ2v) is 17.5. The number of carbonyl (C=O) groups excluding carboxylic acids is 3. The first-order valence-electron chi connectivity index (χ1n) is 24.0. The lowest BCUT2D eigenvalue weighted by atomic mass is 9.97. The molecule has 0 bridgehead atoms. The van der Waals surface area contributed by atoms with Gasteiger partial charge in [-0.1, -0.05) is 86.6 Å². The molecule has 0 unspecified atom stereocenters. The highest BCUT2D eigenvalue weighted by Crippen LogP contribution is 2.33. The molecule has 2 amide bonds. The summed E-state index contributed by atoms with van der Waals surface area (Å²) < 4.78 is 27.8. The third kappa shape index (κ3) is 11.8. The molecule has 0 saturated heterocycles. The molecule has 7 N–H and O–H groups in total. The van der Waals surface area contributed by atoms with Gasteiger partial charge < -0.3 is 36.8 Å². The maximum Gasteiger partial charge on any atom is 0.273 e. The number of nitrogen functional groups attached to an aromatic ring is 2. The minimum atomic E-state index is -0.493. The van der Waals surface area contributed by atoms with Crippen LogP contribution < -0.4 is 16.8 Å². The smallest absolute Gasteiger partial charge is 0.273 e. The van der Waals surface area contributed by atoms with E-state index in [2.05, 4.69) is 25.3 Å². The van der Waals surface area contributed by atoms with Crippen molar-refractivity contribution in [3.63, 3.8) is 0 Å². The number of aldehydes is 1. The van der Waals surface area contributed by atoms with E-state index in [4.69, 9.17) is 16.6 Å². The largest absolute Gasteiger partial charge is 0.395 e. The molecular formula is C56H56F2N10O5. The molecule has 2 aromatic heterocycles. The van der Waals surface area contributed by atoms with Gasteiger partial charge in [-0.15, -0.1) is 0 Å². The van der Waals surface area contributed by atoms with Crippen molar-refractivity contribution >= 4 is 51.8 Å². The SMILES string of the molecule is CCN(CCO)Cc1cc(F)ccc1-c1ccc2nc(N)nc(C(=O)N3Cc4ccccc4C3)c2c1.CCNCCO.Nc1nc(C(=O)N2Cc3ccccc3C2)c2cc(-c3ccc(F)cc3C=O)ccc2n1. The van der Waals surface area contributed by atoms with Crippen LogP contribution in [0, 0.1) is 11.6 Å². The molecule has 2 aliphatic heterocycles. The maximum atomic E-state index is 14.2. The van der Waals surface area contributed by atoms with Gasteiger partial charge in [-0.25, -0.2) is 28.7 Å². The Labute approximate surface area is 421 Å². The zero-order valence-electron chi connectivity index (χ0n) is 40.6. The van der Waals surface area contributed by atoms with Crippen molar-refractivity contribution in [1.82, 2.24) is 40.0 Å². The van der Waals surface area contributed by atoms with Crippen molar-refractivity contribution in [1.29, 1.82) is 0 Å². The number of nitrogens with two attached hydrogens (primary N) is 2. The van der Waals surface area contributed by atoms with Crippen LogP contribution in [0.3, 0.4) is 0 Å². The fourth-order valence-electron chi connectivity index (χ4n) is 9.06. The average molecular weight is 987 g/mol. The van der Waals surface area contributed by atoms with E-state index in [-0.39, 0.29) is 59.7 Å². The molecular weight excluding hydrogens is 931 g/mol. The van der Waals surface area contributed by atoms with Crippen molar-refractivity contribution in [3.05, 3.63) is 178 Å². The number of rotatable bonds is 13. The van der Waals surface area contributed by atoms with Crippen LogP contribution in [0.2, 0.25) is 0 Å². The van der Waals surface area contributed by atoms with Crippen molar-refractivity contribution < 1.29 is 33.4 Å². The summed E-state index contributed by atoms with van der Waals surface area (Å²) in [4.78, 5) is 61.1. The number of likely N-dealkylation sites (N-methyl/N-ethyl adjacent to an activating group) is 2. The van der Waals surface area contributed by atoms with E-state index in [9.17, 15) is 28.3 Å². The van der Waals surface area contributed by atoms with Crippen LogP contribution in [-0.4, -0.2) is 102 Å². The average Bonchev–Trinajstić information content (AvgIpc) is 4.05. The van der Waals surface area contributed by atoms with Gasteiger partial charge in [-0.3, -0.25) is 19.3 Å². The highest BCUT2D eigenvalue weighted by atomic mass is 19.1. The van der Waals surface area contributed by atoms with E-state index in [0.717, 1.165) is 58.6 Å². The number of aliphatic hydroxyl groups is 2. The van der Waals surface area contributed by atoms with Crippen LogP contribution in [0.1, 0.15) is 73.0 Å². The van der Waals surface area contributed by atoms with Gasteiger partial charge in [0, 0.05) is 62.1 Å².